The fourth-order valence-electron chi connectivity index (χ4n) is 2.77. The number of benzene rings is 3. The van der Waals surface area contributed by atoms with E-state index in [1.54, 1.807) is 81.6 Å². The van der Waals surface area contributed by atoms with Crippen molar-refractivity contribution in [3.8, 4) is 11.5 Å². The van der Waals surface area contributed by atoms with Gasteiger partial charge in [0, 0.05) is 5.69 Å². The molecule has 0 saturated heterocycles. The van der Waals surface area contributed by atoms with Gasteiger partial charge in [-0.1, -0.05) is 24.3 Å². The van der Waals surface area contributed by atoms with Crippen molar-refractivity contribution in [1.29, 1.82) is 0 Å². The minimum Gasteiger partial charge on any atom is -0.497 e. The van der Waals surface area contributed by atoms with Gasteiger partial charge in [-0.05, 0) is 67.9 Å². The van der Waals surface area contributed by atoms with Crippen LogP contribution in [0.3, 0.4) is 0 Å². The number of carbonyl (C=O) groups is 1. The third-order valence-electron chi connectivity index (χ3n) is 4.54. The Hall–Kier alpha value is -3.52. The maximum atomic E-state index is 12.6. The number of amides is 1. The van der Waals surface area contributed by atoms with Crippen LogP contribution in [0.5, 0.6) is 11.5 Å². The highest BCUT2D eigenvalue weighted by Gasteiger charge is 2.18. The van der Waals surface area contributed by atoms with Gasteiger partial charge in [-0.2, -0.15) is 0 Å². The van der Waals surface area contributed by atoms with E-state index in [2.05, 4.69) is 10.0 Å². The summed E-state index contributed by atoms with van der Waals surface area (Å²) in [5.41, 5.74) is 1.55. The van der Waals surface area contributed by atoms with Gasteiger partial charge < -0.3 is 14.8 Å². The number of hydrogen-bond donors (Lipinski definition) is 2. The van der Waals surface area contributed by atoms with E-state index in [-0.39, 0.29) is 10.8 Å². The molecule has 0 radical (unpaired) electrons. The number of aryl methyl sites for hydroxylation is 1. The van der Waals surface area contributed by atoms with Crippen molar-refractivity contribution in [2.75, 3.05) is 17.1 Å². The summed E-state index contributed by atoms with van der Waals surface area (Å²) in [4.78, 5) is 12.7. The first-order valence-corrected chi connectivity index (χ1v) is 11.1. The molecule has 3 aromatic carbocycles. The maximum Gasteiger partial charge on any atom is 0.265 e. The molecule has 31 heavy (non-hydrogen) atoms. The molecule has 8 heteroatoms. The number of carbonyl (C=O) groups excluding carboxylic acids is 1. The van der Waals surface area contributed by atoms with Crippen LogP contribution in [0.1, 0.15) is 12.5 Å². The molecule has 1 unspecified atom stereocenters. The summed E-state index contributed by atoms with van der Waals surface area (Å²) in [5.74, 6) is 0.856. The van der Waals surface area contributed by atoms with Crippen molar-refractivity contribution < 1.29 is 22.7 Å². The Bertz CT molecular complexity index is 1150. The Labute approximate surface area is 182 Å². The summed E-state index contributed by atoms with van der Waals surface area (Å²) in [5, 5.41) is 2.75. The molecule has 0 spiro atoms. The zero-order chi connectivity index (χ0) is 22.4. The average Bonchev–Trinajstić information content (AvgIpc) is 2.77. The molecular formula is C23H24N2O5S. The number of sulfonamides is 1. The van der Waals surface area contributed by atoms with Crippen LogP contribution in [-0.4, -0.2) is 27.5 Å². The van der Waals surface area contributed by atoms with Gasteiger partial charge in [0.05, 0.1) is 17.7 Å². The van der Waals surface area contributed by atoms with Crippen LogP contribution in [0.25, 0.3) is 0 Å². The molecule has 0 fully saturated rings. The Kier molecular flexibility index (Phi) is 6.81. The number of hydrogen-bond acceptors (Lipinski definition) is 5. The minimum atomic E-state index is -3.74. The second kappa shape index (κ2) is 9.53. The minimum absolute atomic E-state index is 0.158. The van der Waals surface area contributed by atoms with Crippen LogP contribution in [-0.2, 0) is 14.8 Å². The van der Waals surface area contributed by atoms with E-state index in [0.29, 0.717) is 22.9 Å². The molecule has 2 N–H and O–H groups in total. The molecule has 3 aromatic rings. The third kappa shape index (κ3) is 5.76. The van der Waals surface area contributed by atoms with Crippen molar-refractivity contribution in [2.45, 2.75) is 24.8 Å². The van der Waals surface area contributed by atoms with Gasteiger partial charge in [-0.3, -0.25) is 9.52 Å². The molecule has 7 nitrogen and oxygen atoms in total. The molecule has 1 atom stereocenters. The predicted octanol–water partition coefficient (Wildman–Crippen LogP) is 4.21. The number of methoxy groups -OCH3 is 1. The third-order valence-corrected chi connectivity index (χ3v) is 5.93. The number of anilines is 2. The van der Waals surface area contributed by atoms with E-state index in [9.17, 15) is 13.2 Å². The average molecular weight is 441 g/mol. The van der Waals surface area contributed by atoms with E-state index in [4.69, 9.17) is 9.47 Å². The first kappa shape index (κ1) is 22.2. The summed E-state index contributed by atoms with van der Waals surface area (Å²) in [6.07, 6.45) is -0.765. The fraction of sp³-hybridized carbons (Fsp3) is 0.174. The molecule has 1 amide bonds. The maximum absolute atomic E-state index is 12.6. The highest BCUT2D eigenvalue weighted by atomic mass is 32.2. The van der Waals surface area contributed by atoms with Crippen molar-refractivity contribution in [3.05, 3.63) is 78.4 Å². The molecule has 162 valence electrons. The lowest BCUT2D eigenvalue weighted by Crippen LogP contribution is -2.30. The zero-order valence-corrected chi connectivity index (χ0v) is 18.3. The molecule has 3 rings (SSSR count). The van der Waals surface area contributed by atoms with Crippen LogP contribution >= 0.6 is 0 Å². The van der Waals surface area contributed by atoms with Crippen molar-refractivity contribution in [1.82, 2.24) is 0 Å². The number of rotatable bonds is 8. The summed E-state index contributed by atoms with van der Waals surface area (Å²) in [7, 11) is -2.17. The number of ether oxygens (including phenoxy) is 2. The Morgan fingerprint density at radius 3 is 2.23 bits per heavy atom. The van der Waals surface area contributed by atoms with Gasteiger partial charge in [-0.25, -0.2) is 8.42 Å². The SMILES string of the molecule is COc1ccc(OC(C)C(=O)Nc2ccc(C)c(NS(=O)(=O)c3ccccc3)c2)cc1. The van der Waals surface area contributed by atoms with E-state index in [0.717, 1.165) is 5.56 Å². The van der Waals surface area contributed by atoms with E-state index < -0.39 is 16.1 Å². The smallest absolute Gasteiger partial charge is 0.265 e. The van der Waals surface area contributed by atoms with Gasteiger partial charge in [0.2, 0.25) is 0 Å². The lowest BCUT2D eigenvalue weighted by atomic mass is 10.2. The van der Waals surface area contributed by atoms with Gasteiger partial charge in [0.15, 0.2) is 6.10 Å². The predicted molar refractivity (Wildman–Crippen MR) is 120 cm³/mol. The van der Waals surface area contributed by atoms with Crippen LogP contribution in [0.2, 0.25) is 0 Å². The quantitative estimate of drug-likeness (QED) is 0.547. The van der Waals surface area contributed by atoms with Gasteiger partial charge in [-0.15, -0.1) is 0 Å². The second-order valence-corrected chi connectivity index (χ2v) is 8.56. The topological polar surface area (TPSA) is 93.7 Å². The lowest BCUT2D eigenvalue weighted by molar-refractivity contribution is -0.122. The largest absolute Gasteiger partial charge is 0.497 e. The Morgan fingerprint density at radius 2 is 1.58 bits per heavy atom. The monoisotopic (exact) mass is 440 g/mol. The van der Waals surface area contributed by atoms with Gasteiger partial charge in [0.1, 0.15) is 11.5 Å². The molecule has 0 bridgehead atoms. The van der Waals surface area contributed by atoms with Gasteiger partial charge >= 0.3 is 0 Å². The zero-order valence-electron chi connectivity index (χ0n) is 17.5. The van der Waals surface area contributed by atoms with Crippen molar-refractivity contribution in [3.63, 3.8) is 0 Å². The highest BCUT2D eigenvalue weighted by Crippen LogP contribution is 2.24. The van der Waals surface area contributed by atoms with Crippen LogP contribution in [0.4, 0.5) is 11.4 Å². The fourth-order valence-corrected chi connectivity index (χ4v) is 3.91. The highest BCUT2D eigenvalue weighted by molar-refractivity contribution is 7.92. The van der Waals surface area contributed by atoms with E-state index in [1.807, 2.05) is 0 Å². The Balaban J connectivity index is 1.69. The molecule has 0 aliphatic carbocycles. The van der Waals surface area contributed by atoms with Crippen LogP contribution < -0.4 is 19.5 Å². The molecule has 0 aliphatic rings. The van der Waals surface area contributed by atoms with Crippen LogP contribution in [0, 0.1) is 6.92 Å². The lowest BCUT2D eigenvalue weighted by Gasteiger charge is -2.16. The van der Waals surface area contributed by atoms with Crippen molar-refractivity contribution >= 4 is 27.3 Å². The Morgan fingerprint density at radius 1 is 0.935 bits per heavy atom. The summed E-state index contributed by atoms with van der Waals surface area (Å²) in [6.45, 7) is 3.41. The molecule has 0 heterocycles. The molecule has 0 aromatic heterocycles. The van der Waals surface area contributed by atoms with E-state index >= 15 is 0 Å². The van der Waals surface area contributed by atoms with E-state index in [1.165, 1.54) is 12.1 Å². The summed E-state index contributed by atoms with van der Waals surface area (Å²) in [6, 6.07) is 20.0. The van der Waals surface area contributed by atoms with Gasteiger partial charge in [0.25, 0.3) is 15.9 Å². The molecule has 0 saturated carbocycles. The molecule has 0 aliphatic heterocycles. The van der Waals surface area contributed by atoms with Crippen molar-refractivity contribution in [2.24, 2.45) is 0 Å². The standard InChI is InChI=1S/C23H24N2O5S/c1-16-9-10-18(15-22(16)25-31(27,28)21-7-5-4-6-8-21)24-23(26)17(2)30-20-13-11-19(29-3)12-14-20/h4-15,17,25H,1-3H3,(H,24,26). The number of nitrogens with one attached hydrogen (secondary N) is 2. The first-order chi connectivity index (χ1) is 14.8. The summed E-state index contributed by atoms with van der Waals surface area (Å²) < 4.78 is 38.6. The summed E-state index contributed by atoms with van der Waals surface area (Å²) >= 11 is 0. The normalized spacial score (nSPS) is 12.0. The second-order valence-electron chi connectivity index (χ2n) is 6.87. The first-order valence-electron chi connectivity index (χ1n) is 9.58. The van der Waals surface area contributed by atoms with Crippen LogP contribution in [0.15, 0.2) is 77.7 Å². The molecular weight excluding hydrogens is 416 g/mol.